The van der Waals surface area contributed by atoms with Gasteiger partial charge >= 0.3 is 0 Å². The van der Waals surface area contributed by atoms with Crippen LogP contribution in [0.1, 0.15) is 25.0 Å². The molecule has 2 heterocycles. The Balaban J connectivity index is 1.12. The second-order valence-corrected chi connectivity index (χ2v) is 15.2. The lowest BCUT2D eigenvalue weighted by atomic mass is 9.78. The molecule has 0 spiro atoms. The van der Waals surface area contributed by atoms with Crippen molar-refractivity contribution in [1.82, 2.24) is 4.57 Å². The van der Waals surface area contributed by atoms with Gasteiger partial charge < -0.3 is 8.98 Å². The Labute approximate surface area is 306 Å². The lowest BCUT2D eigenvalue weighted by molar-refractivity contribution is 0.667. The molecule has 0 radical (unpaired) electrons. The second-order valence-electron chi connectivity index (χ2n) is 15.2. The lowest BCUT2D eigenvalue weighted by Crippen LogP contribution is -2.16. The third-order valence-corrected chi connectivity index (χ3v) is 12.1. The summed E-state index contributed by atoms with van der Waals surface area (Å²) in [6, 6.07) is 60.2. The van der Waals surface area contributed by atoms with E-state index in [1.54, 1.807) is 0 Å². The van der Waals surface area contributed by atoms with Crippen molar-refractivity contribution in [3.05, 3.63) is 175 Å². The Kier molecular flexibility index (Phi) is 5.60. The predicted octanol–water partition coefficient (Wildman–Crippen LogP) is 14.1. The van der Waals surface area contributed by atoms with E-state index in [2.05, 4.69) is 176 Å². The van der Waals surface area contributed by atoms with Crippen LogP contribution in [0.4, 0.5) is 0 Å². The SMILES string of the molecule is CC1(C)c2cc3c(cc2-c2ccc4c5ccccc5c5ccccc5c4c21)c1ccccc1n3-c1cccc(-c2cccc3c2oc2ccccc23)c1. The van der Waals surface area contributed by atoms with Gasteiger partial charge in [0, 0.05) is 38.2 Å². The standard InChI is InChI=1S/C51H33NO/c1-51(2)44-29-46-43(28-42(44)40-26-25-39-35-17-4-3-15-33(35)34-16-5-6-20-38(34)48(39)49(40)51)36-18-7-9-23-45(36)52(46)31-14-11-13-30(27-31)32-21-12-22-41-37-19-8-10-24-47(37)53-50(32)41/h3-29H,1-2H3. The van der Waals surface area contributed by atoms with Gasteiger partial charge in [0.05, 0.1) is 11.0 Å². The van der Waals surface area contributed by atoms with Crippen LogP contribution in [-0.4, -0.2) is 4.57 Å². The van der Waals surface area contributed by atoms with Crippen molar-refractivity contribution in [2.24, 2.45) is 0 Å². The summed E-state index contributed by atoms with van der Waals surface area (Å²) in [5, 5.41) is 12.8. The fraction of sp³-hybridized carbons (Fsp3) is 0.0588. The molecular weight excluding hydrogens is 643 g/mol. The van der Waals surface area contributed by atoms with Crippen LogP contribution in [0.5, 0.6) is 0 Å². The van der Waals surface area contributed by atoms with Crippen LogP contribution in [0.3, 0.4) is 0 Å². The molecule has 2 heteroatoms. The summed E-state index contributed by atoms with van der Waals surface area (Å²) in [4.78, 5) is 0. The molecule has 0 aliphatic heterocycles. The molecule has 11 aromatic rings. The minimum absolute atomic E-state index is 0.219. The van der Waals surface area contributed by atoms with Gasteiger partial charge in [-0.25, -0.2) is 0 Å². The van der Waals surface area contributed by atoms with E-state index >= 15 is 0 Å². The molecule has 1 aliphatic rings. The van der Waals surface area contributed by atoms with E-state index in [1.807, 2.05) is 6.07 Å². The van der Waals surface area contributed by atoms with Gasteiger partial charge in [0.2, 0.25) is 0 Å². The molecule has 2 aromatic heterocycles. The van der Waals surface area contributed by atoms with Crippen LogP contribution < -0.4 is 0 Å². The minimum atomic E-state index is -0.219. The number of nitrogens with zero attached hydrogens (tertiary/aromatic N) is 1. The molecule has 0 fully saturated rings. The molecule has 1 aliphatic carbocycles. The molecule has 53 heavy (non-hydrogen) atoms. The molecule has 0 bridgehead atoms. The first kappa shape index (κ1) is 29.0. The van der Waals surface area contributed by atoms with Gasteiger partial charge in [-0.1, -0.05) is 141 Å². The van der Waals surface area contributed by atoms with Gasteiger partial charge in [-0.15, -0.1) is 0 Å². The number of fused-ring (bicyclic) bond motifs is 16. The third kappa shape index (κ3) is 3.77. The van der Waals surface area contributed by atoms with E-state index in [9.17, 15) is 0 Å². The summed E-state index contributed by atoms with van der Waals surface area (Å²) in [6.45, 7) is 4.85. The summed E-state index contributed by atoms with van der Waals surface area (Å²) in [5.41, 5.74) is 12.9. The van der Waals surface area contributed by atoms with E-state index in [-0.39, 0.29) is 5.41 Å². The van der Waals surface area contributed by atoms with Crippen molar-refractivity contribution in [2.45, 2.75) is 19.3 Å². The molecule has 9 aromatic carbocycles. The maximum absolute atomic E-state index is 6.49. The maximum atomic E-state index is 6.49. The van der Waals surface area contributed by atoms with Crippen LogP contribution in [0.25, 0.3) is 104 Å². The zero-order chi connectivity index (χ0) is 35.0. The van der Waals surface area contributed by atoms with Crippen LogP contribution in [0.2, 0.25) is 0 Å². The molecular formula is C51H33NO. The van der Waals surface area contributed by atoms with Gasteiger partial charge in [0.1, 0.15) is 11.2 Å². The fourth-order valence-electron chi connectivity index (χ4n) is 9.82. The van der Waals surface area contributed by atoms with Crippen molar-refractivity contribution >= 4 is 76.1 Å². The number of aromatic nitrogens is 1. The van der Waals surface area contributed by atoms with Crippen molar-refractivity contribution in [3.8, 4) is 27.9 Å². The van der Waals surface area contributed by atoms with Gasteiger partial charge in [0.15, 0.2) is 0 Å². The van der Waals surface area contributed by atoms with Crippen LogP contribution >= 0.6 is 0 Å². The maximum Gasteiger partial charge on any atom is 0.143 e. The van der Waals surface area contributed by atoms with Gasteiger partial charge in [-0.3, -0.25) is 0 Å². The highest BCUT2D eigenvalue weighted by Gasteiger charge is 2.38. The van der Waals surface area contributed by atoms with Crippen LogP contribution in [0.15, 0.2) is 168 Å². The Morgan fingerprint density at radius 1 is 0.434 bits per heavy atom. The molecule has 12 rings (SSSR count). The number of para-hydroxylation sites is 3. The molecule has 0 saturated carbocycles. The summed E-state index contributed by atoms with van der Waals surface area (Å²) >= 11 is 0. The van der Waals surface area contributed by atoms with Crippen molar-refractivity contribution in [3.63, 3.8) is 0 Å². The van der Waals surface area contributed by atoms with Gasteiger partial charge in [0.25, 0.3) is 0 Å². The Morgan fingerprint density at radius 2 is 1.08 bits per heavy atom. The molecule has 0 N–H and O–H groups in total. The third-order valence-electron chi connectivity index (χ3n) is 12.1. The highest BCUT2D eigenvalue weighted by molar-refractivity contribution is 6.27. The smallest absolute Gasteiger partial charge is 0.143 e. The van der Waals surface area contributed by atoms with E-state index in [4.69, 9.17) is 4.42 Å². The summed E-state index contributed by atoms with van der Waals surface area (Å²) in [7, 11) is 0. The average molecular weight is 676 g/mol. The zero-order valence-electron chi connectivity index (χ0n) is 29.4. The quantitative estimate of drug-likeness (QED) is 0.167. The number of benzene rings is 9. The number of rotatable bonds is 2. The molecule has 0 unspecified atom stereocenters. The highest BCUT2D eigenvalue weighted by Crippen LogP contribution is 2.55. The summed E-state index contributed by atoms with van der Waals surface area (Å²) < 4.78 is 8.95. The first-order valence-electron chi connectivity index (χ1n) is 18.5. The van der Waals surface area contributed by atoms with Crippen molar-refractivity contribution in [1.29, 1.82) is 0 Å². The predicted molar refractivity (Wildman–Crippen MR) is 224 cm³/mol. The molecule has 0 atom stereocenters. The monoisotopic (exact) mass is 675 g/mol. The zero-order valence-corrected chi connectivity index (χ0v) is 29.4. The second kappa shape index (κ2) is 10.2. The van der Waals surface area contributed by atoms with E-state index in [0.29, 0.717) is 0 Å². The van der Waals surface area contributed by atoms with Crippen LogP contribution in [0, 0.1) is 0 Å². The largest absolute Gasteiger partial charge is 0.455 e. The number of hydrogen-bond donors (Lipinski definition) is 0. The topological polar surface area (TPSA) is 18.1 Å². The van der Waals surface area contributed by atoms with Gasteiger partial charge in [-0.05, 0) is 96.5 Å². The number of furan rings is 1. The minimum Gasteiger partial charge on any atom is -0.455 e. The van der Waals surface area contributed by atoms with Crippen molar-refractivity contribution in [2.75, 3.05) is 0 Å². The van der Waals surface area contributed by atoms with E-state index in [1.165, 1.54) is 76.4 Å². The lowest BCUT2D eigenvalue weighted by Gasteiger charge is -2.25. The molecule has 0 saturated heterocycles. The normalized spacial score (nSPS) is 13.6. The molecule has 248 valence electrons. The Bertz CT molecular complexity index is 3340. The summed E-state index contributed by atoms with van der Waals surface area (Å²) in [6.07, 6.45) is 0. The Morgan fingerprint density at radius 3 is 1.89 bits per heavy atom. The molecule has 0 amide bonds. The van der Waals surface area contributed by atoms with Gasteiger partial charge in [-0.2, -0.15) is 0 Å². The number of hydrogen-bond acceptors (Lipinski definition) is 1. The Hall–Kier alpha value is -6.64. The average Bonchev–Trinajstić information content (AvgIpc) is 3.82. The van der Waals surface area contributed by atoms with Crippen LogP contribution in [-0.2, 0) is 5.41 Å². The highest BCUT2D eigenvalue weighted by atomic mass is 16.3. The molecule has 2 nitrogen and oxygen atoms in total. The van der Waals surface area contributed by atoms with E-state index in [0.717, 1.165) is 38.8 Å². The van der Waals surface area contributed by atoms with Crippen molar-refractivity contribution < 1.29 is 4.42 Å². The first-order chi connectivity index (χ1) is 26.1. The van der Waals surface area contributed by atoms with E-state index < -0.39 is 0 Å². The first-order valence-corrected chi connectivity index (χ1v) is 18.5. The summed E-state index contributed by atoms with van der Waals surface area (Å²) in [5.74, 6) is 0. The fourth-order valence-corrected chi connectivity index (χ4v) is 9.82.